The number of nitrogens with two attached hydrogens (primary N) is 1. The number of guanidine groups is 1. The second-order valence-corrected chi connectivity index (χ2v) is 7.17. The van der Waals surface area contributed by atoms with Crippen molar-refractivity contribution in [3.8, 4) is 11.5 Å². The zero-order valence-electron chi connectivity index (χ0n) is 15.7. The standard InChI is InChI=1S/C19H26N4O2S.HI/c1-24-16-8-7-14(12-17(16)25-2)22-19(20)21-13-15(18-6-5-11-26-18)23-9-3-4-10-23;/h5-8,11-12,15H,3-4,9-10,13H2,1-2H3,(H3,20,21,22);1H. The van der Waals surface area contributed by atoms with E-state index < -0.39 is 0 Å². The quantitative estimate of drug-likeness (QED) is 0.341. The molecular weight excluding hydrogens is 475 g/mol. The van der Waals surface area contributed by atoms with Gasteiger partial charge in [-0.2, -0.15) is 0 Å². The van der Waals surface area contributed by atoms with E-state index in [9.17, 15) is 0 Å². The van der Waals surface area contributed by atoms with Crippen molar-refractivity contribution in [3.05, 3.63) is 40.6 Å². The Kier molecular flexibility index (Phi) is 8.65. The van der Waals surface area contributed by atoms with E-state index in [0.717, 1.165) is 18.8 Å². The number of nitrogens with zero attached hydrogens (tertiary/aromatic N) is 2. The summed E-state index contributed by atoms with van der Waals surface area (Å²) >= 11 is 1.78. The van der Waals surface area contributed by atoms with Gasteiger partial charge >= 0.3 is 0 Å². The lowest BCUT2D eigenvalue weighted by atomic mass is 10.2. The van der Waals surface area contributed by atoms with Gasteiger partial charge in [-0.1, -0.05) is 6.07 Å². The number of aliphatic imine (C=N–C) groups is 1. The predicted octanol–water partition coefficient (Wildman–Crippen LogP) is 3.95. The first-order chi connectivity index (χ1) is 12.7. The number of anilines is 1. The molecule has 1 aromatic carbocycles. The minimum absolute atomic E-state index is 0. The van der Waals surface area contributed by atoms with Crippen molar-refractivity contribution in [3.63, 3.8) is 0 Å². The lowest BCUT2D eigenvalue weighted by Crippen LogP contribution is -2.29. The summed E-state index contributed by atoms with van der Waals surface area (Å²) in [5, 5.41) is 5.25. The maximum absolute atomic E-state index is 6.12. The van der Waals surface area contributed by atoms with Gasteiger partial charge in [-0.25, -0.2) is 0 Å². The molecule has 1 fully saturated rings. The lowest BCUT2D eigenvalue weighted by Gasteiger charge is -2.25. The molecule has 0 aliphatic carbocycles. The molecule has 2 aromatic rings. The molecule has 3 N–H and O–H groups in total. The van der Waals surface area contributed by atoms with E-state index in [1.807, 2.05) is 18.2 Å². The minimum Gasteiger partial charge on any atom is -0.493 e. The number of nitrogens with one attached hydrogen (secondary N) is 1. The fraction of sp³-hybridized carbons (Fsp3) is 0.421. The highest BCUT2D eigenvalue weighted by molar-refractivity contribution is 14.0. The van der Waals surface area contributed by atoms with Gasteiger partial charge in [0.25, 0.3) is 0 Å². The van der Waals surface area contributed by atoms with Crippen molar-refractivity contribution in [2.24, 2.45) is 10.7 Å². The van der Waals surface area contributed by atoms with Crippen LogP contribution in [0.3, 0.4) is 0 Å². The molecule has 3 rings (SSSR count). The number of rotatable bonds is 7. The van der Waals surface area contributed by atoms with Crippen LogP contribution in [0.5, 0.6) is 11.5 Å². The molecule has 8 heteroatoms. The van der Waals surface area contributed by atoms with Gasteiger partial charge in [0.05, 0.1) is 26.8 Å². The predicted molar refractivity (Wildman–Crippen MR) is 123 cm³/mol. The lowest BCUT2D eigenvalue weighted by molar-refractivity contribution is 0.255. The van der Waals surface area contributed by atoms with E-state index in [-0.39, 0.29) is 24.0 Å². The van der Waals surface area contributed by atoms with Gasteiger partial charge < -0.3 is 20.5 Å². The van der Waals surface area contributed by atoms with Crippen LogP contribution in [0.4, 0.5) is 5.69 Å². The summed E-state index contributed by atoms with van der Waals surface area (Å²) in [6.45, 7) is 2.90. The SMILES string of the molecule is COc1ccc(NC(N)=NCC(c2cccs2)N2CCCC2)cc1OC.I. The number of likely N-dealkylation sites (tertiary alicyclic amines) is 1. The van der Waals surface area contributed by atoms with Gasteiger partial charge in [0.1, 0.15) is 0 Å². The third-order valence-corrected chi connectivity index (χ3v) is 5.52. The van der Waals surface area contributed by atoms with Gasteiger partial charge in [-0.05, 0) is 49.5 Å². The second-order valence-electron chi connectivity index (χ2n) is 6.19. The normalized spacial score (nSPS) is 15.9. The number of thiophene rings is 1. The van der Waals surface area contributed by atoms with Crippen molar-refractivity contribution >= 4 is 47.0 Å². The van der Waals surface area contributed by atoms with Gasteiger partial charge in [0, 0.05) is 16.6 Å². The van der Waals surface area contributed by atoms with Crippen LogP contribution in [0.25, 0.3) is 0 Å². The summed E-state index contributed by atoms with van der Waals surface area (Å²) in [4.78, 5) is 8.44. The molecule has 0 saturated carbocycles. The van der Waals surface area contributed by atoms with Crippen LogP contribution < -0.4 is 20.5 Å². The van der Waals surface area contributed by atoms with Gasteiger partial charge in [0.2, 0.25) is 0 Å². The Hall–Kier alpha value is -1.52. The average molecular weight is 502 g/mol. The second kappa shape index (κ2) is 10.7. The molecule has 1 aliphatic rings. The summed E-state index contributed by atoms with van der Waals surface area (Å²) in [5.41, 5.74) is 6.94. The first-order valence-corrected chi connectivity index (χ1v) is 9.65. The molecule has 1 aliphatic heterocycles. The largest absolute Gasteiger partial charge is 0.493 e. The van der Waals surface area contributed by atoms with Crippen molar-refractivity contribution < 1.29 is 9.47 Å². The first kappa shape index (κ1) is 21.8. The maximum Gasteiger partial charge on any atom is 0.193 e. The van der Waals surface area contributed by atoms with E-state index in [0.29, 0.717) is 30.0 Å². The molecule has 0 spiro atoms. The summed E-state index contributed by atoms with van der Waals surface area (Å²) in [6, 6.07) is 10.1. The van der Waals surface area contributed by atoms with E-state index in [2.05, 4.69) is 32.7 Å². The summed E-state index contributed by atoms with van der Waals surface area (Å²) in [7, 11) is 3.23. The molecule has 2 heterocycles. The summed E-state index contributed by atoms with van der Waals surface area (Å²) in [5.74, 6) is 1.73. The number of methoxy groups -OCH3 is 2. The first-order valence-electron chi connectivity index (χ1n) is 8.77. The number of hydrogen-bond acceptors (Lipinski definition) is 5. The van der Waals surface area contributed by atoms with Gasteiger partial charge in [-0.15, -0.1) is 35.3 Å². The topological polar surface area (TPSA) is 72.1 Å². The average Bonchev–Trinajstić information content (AvgIpc) is 3.36. The van der Waals surface area contributed by atoms with Crippen LogP contribution in [-0.4, -0.2) is 44.7 Å². The van der Waals surface area contributed by atoms with Crippen LogP contribution in [0.15, 0.2) is 40.7 Å². The number of ether oxygens (including phenoxy) is 2. The molecule has 27 heavy (non-hydrogen) atoms. The summed E-state index contributed by atoms with van der Waals surface area (Å²) in [6.07, 6.45) is 2.51. The highest BCUT2D eigenvalue weighted by Gasteiger charge is 2.24. The Morgan fingerprint density at radius 3 is 2.59 bits per heavy atom. The van der Waals surface area contributed by atoms with Crippen LogP contribution in [0.1, 0.15) is 23.8 Å². The summed E-state index contributed by atoms with van der Waals surface area (Å²) < 4.78 is 10.6. The number of halogens is 1. The Morgan fingerprint density at radius 2 is 1.96 bits per heavy atom. The zero-order valence-corrected chi connectivity index (χ0v) is 18.8. The van der Waals surface area contributed by atoms with Crippen molar-refractivity contribution in [1.82, 2.24) is 4.90 Å². The number of hydrogen-bond donors (Lipinski definition) is 2. The molecule has 6 nitrogen and oxygen atoms in total. The molecule has 0 radical (unpaired) electrons. The van der Waals surface area contributed by atoms with E-state index >= 15 is 0 Å². The number of benzene rings is 1. The van der Waals surface area contributed by atoms with Gasteiger partial charge in [0.15, 0.2) is 17.5 Å². The molecule has 1 saturated heterocycles. The Morgan fingerprint density at radius 1 is 1.22 bits per heavy atom. The highest BCUT2D eigenvalue weighted by Crippen LogP contribution is 2.30. The highest BCUT2D eigenvalue weighted by atomic mass is 127. The molecule has 148 valence electrons. The van der Waals surface area contributed by atoms with Crippen LogP contribution in [-0.2, 0) is 0 Å². The third kappa shape index (κ3) is 5.73. The van der Waals surface area contributed by atoms with Crippen LogP contribution >= 0.6 is 35.3 Å². The third-order valence-electron chi connectivity index (χ3n) is 4.54. The van der Waals surface area contributed by atoms with Crippen LogP contribution in [0.2, 0.25) is 0 Å². The fourth-order valence-electron chi connectivity index (χ4n) is 3.21. The molecule has 1 aromatic heterocycles. The van der Waals surface area contributed by atoms with E-state index in [4.69, 9.17) is 15.2 Å². The molecule has 0 bridgehead atoms. The van der Waals surface area contributed by atoms with Crippen molar-refractivity contribution in [1.29, 1.82) is 0 Å². The Balaban J connectivity index is 0.00000261. The smallest absolute Gasteiger partial charge is 0.193 e. The monoisotopic (exact) mass is 502 g/mol. The Labute approximate surface area is 181 Å². The molecule has 0 amide bonds. The van der Waals surface area contributed by atoms with E-state index in [1.165, 1.54) is 17.7 Å². The zero-order chi connectivity index (χ0) is 18.4. The minimum atomic E-state index is 0. The maximum atomic E-state index is 6.12. The van der Waals surface area contributed by atoms with E-state index in [1.54, 1.807) is 25.6 Å². The van der Waals surface area contributed by atoms with Crippen LogP contribution in [0, 0.1) is 0 Å². The molecule has 1 atom stereocenters. The van der Waals surface area contributed by atoms with Crippen molar-refractivity contribution in [2.45, 2.75) is 18.9 Å². The van der Waals surface area contributed by atoms with Gasteiger partial charge in [-0.3, -0.25) is 9.89 Å². The Bertz CT molecular complexity index is 733. The molecule has 1 unspecified atom stereocenters. The van der Waals surface area contributed by atoms with Crippen molar-refractivity contribution in [2.75, 3.05) is 39.2 Å². The molecular formula is C19H27IN4O2S. The fourth-order valence-corrected chi connectivity index (χ4v) is 4.06.